The average molecular weight is 1010 g/mol. The van der Waals surface area contributed by atoms with Crippen LogP contribution in [0.5, 0.6) is 0 Å². The summed E-state index contributed by atoms with van der Waals surface area (Å²) in [7, 11) is 1.49. The topological polar surface area (TPSA) is 111 Å². The standard InChI is InChI=1S/C60H113N2O7P/c1-7-10-13-16-19-22-25-27-29-31-33-35-38-41-44-47-50-53-60(64)69-58(51-48-45-42-39-36-24-21-18-15-12-9-3)57(56-68-70(65,66)67-55-54-62(4,5)6)61-59(63)52-49-46-43-40-37-34-32-30-28-26-23-20-17-14-11-8-2/h19,22,27,29,33,35,48,51,57-58H,7-18,20-21,23-26,28,30-32,34,36-47,49-50,52-56H2,1-6H3,(H-,61,63,65,66)/p+1/b22-19-,29-27-,35-33-,51-48+. The fraction of sp³-hybridized carbons (Fsp3) is 0.833. The number of nitrogens with one attached hydrogen (secondary N) is 1. The predicted octanol–water partition coefficient (Wildman–Crippen LogP) is 17.7. The molecule has 0 aromatic rings. The van der Waals surface area contributed by atoms with Crippen LogP contribution in [0.4, 0.5) is 0 Å². The number of esters is 1. The fourth-order valence-electron chi connectivity index (χ4n) is 8.42. The minimum atomic E-state index is -4.45. The second kappa shape index (κ2) is 50.5. The number of likely N-dealkylation sites (N-methyl/N-ethyl adjacent to an activating group) is 1. The maximum Gasteiger partial charge on any atom is 0.472 e. The maximum atomic E-state index is 13.5. The van der Waals surface area contributed by atoms with Crippen molar-refractivity contribution in [2.75, 3.05) is 40.9 Å². The molecule has 2 N–H and O–H groups in total. The van der Waals surface area contributed by atoms with Gasteiger partial charge in [-0.2, -0.15) is 0 Å². The van der Waals surface area contributed by atoms with Crippen LogP contribution < -0.4 is 5.32 Å². The van der Waals surface area contributed by atoms with Crippen molar-refractivity contribution in [3.8, 4) is 0 Å². The molecule has 0 aliphatic rings. The van der Waals surface area contributed by atoms with E-state index in [4.69, 9.17) is 13.8 Å². The van der Waals surface area contributed by atoms with Gasteiger partial charge in [-0.3, -0.25) is 18.6 Å². The van der Waals surface area contributed by atoms with E-state index in [0.717, 1.165) is 77.0 Å². The molecule has 0 aliphatic heterocycles. The molecule has 0 fully saturated rings. The van der Waals surface area contributed by atoms with E-state index in [-0.39, 0.29) is 31.5 Å². The molecule has 0 spiro atoms. The number of rotatable bonds is 53. The molecule has 0 aromatic heterocycles. The molecule has 0 saturated heterocycles. The lowest BCUT2D eigenvalue weighted by atomic mass is 10.0. The van der Waals surface area contributed by atoms with Crippen molar-refractivity contribution < 1.29 is 37.3 Å². The maximum absolute atomic E-state index is 13.5. The molecular formula is C60H114N2O7P+. The van der Waals surface area contributed by atoms with Gasteiger partial charge in [-0.15, -0.1) is 0 Å². The first-order valence-corrected chi connectivity index (χ1v) is 31.0. The van der Waals surface area contributed by atoms with Crippen LogP contribution in [-0.2, 0) is 27.9 Å². The van der Waals surface area contributed by atoms with E-state index < -0.39 is 20.0 Å². The van der Waals surface area contributed by atoms with Gasteiger partial charge in [0, 0.05) is 12.8 Å². The SMILES string of the molecule is CCCCC/C=C\C/C=C\C/C=C\CCCCCCC(=O)OC(/C=C/CCCCCCCCCCC)C(COP(=O)(O)OCC[N+](C)(C)C)NC(=O)CCCCCCCCCCCCCCCCCC. The largest absolute Gasteiger partial charge is 0.472 e. The number of unbranched alkanes of at least 4 members (excludes halogenated alkanes) is 31. The smallest absolute Gasteiger partial charge is 0.456 e. The van der Waals surface area contributed by atoms with E-state index in [1.54, 1.807) is 0 Å². The molecule has 9 nitrogen and oxygen atoms in total. The summed E-state index contributed by atoms with van der Waals surface area (Å²) in [5, 5.41) is 3.05. The lowest BCUT2D eigenvalue weighted by molar-refractivity contribution is -0.870. The molecule has 70 heavy (non-hydrogen) atoms. The van der Waals surface area contributed by atoms with Crippen LogP contribution in [-0.4, -0.2) is 74.3 Å². The summed E-state index contributed by atoms with van der Waals surface area (Å²) in [4.78, 5) is 37.6. The third kappa shape index (κ3) is 50.9. The van der Waals surface area contributed by atoms with Gasteiger partial charge in [-0.05, 0) is 70.3 Å². The fourth-order valence-corrected chi connectivity index (χ4v) is 9.15. The number of carbonyl (C=O) groups excluding carboxylic acids is 2. The van der Waals surface area contributed by atoms with E-state index in [9.17, 15) is 19.0 Å². The number of nitrogens with zero attached hydrogens (tertiary/aromatic N) is 1. The number of amides is 1. The lowest BCUT2D eigenvalue weighted by Gasteiger charge is -2.27. The highest BCUT2D eigenvalue weighted by atomic mass is 31.2. The first kappa shape index (κ1) is 68.0. The number of carbonyl (C=O) groups is 2. The van der Waals surface area contributed by atoms with Gasteiger partial charge in [0.05, 0.1) is 33.8 Å². The van der Waals surface area contributed by atoms with Gasteiger partial charge in [0.2, 0.25) is 5.91 Å². The van der Waals surface area contributed by atoms with E-state index in [0.29, 0.717) is 23.9 Å². The molecule has 10 heteroatoms. The van der Waals surface area contributed by atoms with Gasteiger partial charge in [0.25, 0.3) is 0 Å². The van der Waals surface area contributed by atoms with Crippen molar-refractivity contribution in [1.82, 2.24) is 5.32 Å². The molecular weight excluding hydrogens is 892 g/mol. The zero-order chi connectivity index (χ0) is 51.5. The highest BCUT2D eigenvalue weighted by Crippen LogP contribution is 2.43. The summed E-state index contributed by atoms with van der Waals surface area (Å²) < 4.78 is 30.6. The number of quaternary nitrogens is 1. The number of hydrogen-bond acceptors (Lipinski definition) is 6. The van der Waals surface area contributed by atoms with Gasteiger partial charge in [-0.1, -0.05) is 237 Å². The zero-order valence-corrected chi connectivity index (χ0v) is 47.7. The minimum Gasteiger partial charge on any atom is -0.456 e. The van der Waals surface area contributed by atoms with Crippen LogP contribution in [0.1, 0.15) is 271 Å². The van der Waals surface area contributed by atoms with E-state index in [2.05, 4.69) is 62.5 Å². The Morgan fingerprint density at radius 1 is 0.500 bits per heavy atom. The predicted molar refractivity (Wildman–Crippen MR) is 300 cm³/mol. The van der Waals surface area contributed by atoms with Gasteiger partial charge in [0.15, 0.2) is 0 Å². The quantitative estimate of drug-likeness (QED) is 0.0205. The molecule has 0 bridgehead atoms. The Kier molecular flexibility index (Phi) is 49.0. The molecule has 0 rings (SSSR count). The Labute approximate surface area is 433 Å². The number of hydrogen-bond donors (Lipinski definition) is 2. The first-order chi connectivity index (χ1) is 33.9. The van der Waals surface area contributed by atoms with Crippen molar-refractivity contribution >= 4 is 19.7 Å². The number of ether oxygens (including phenoxy) is 1. The van der Waals surface area contributed by atoms with Crippen molar-refractivity contribution in [1.29, 1.82) is 0 Å². The minimum absolute atomic E-state index is 0.0373. The van der Waals surface area contributed by atoms with Crippen molar-refractivity contribution in [2.45, 2.75) is 283 Å². The molecule has 3 unspecified atom stereocenters. The highest BCUT2D eigenvalue weighted by molar-refractivity contribution is 7.47. The summed E-state index contributed by atoms with van der Waals surface area (Å²) in [6.45, 7) is 6.98. The third-order valence-corrected chi connectivity index (χ3v) is 14.0. The summed E-state index contributed by atoms with van der Waals surface area (Å²) in [5.41, 5.74) is 0. The molecule has 0 radical (unpaired) electrons. The van der Waals surface area contributed by atoms with Gasteiger partial charge < -0.3 is 19.4 Å². The highest BCUT2D eigenvalue weighted by Gasteiger charge is 2.30. The number of phosphoric acid groups is 1. The Hall–Kier alpha value is -2.03. The van der Waals surface area contributed by atoms with Crippen LogP contribution >= 0.6 is 7.82 Å². The van der Waals surface area contributed by atoms with Crippen molar-refractivity contribution in [2.24, 2.45) is 0 Å². The summed E-state index contributed by atoms with van der Waals surface area (Å²) in [6, 6.07) is -0.854. The van der Waals surface area contributed by atoms with Crippen LogP contribution in [0.3, 0.4) is 0 Å². The monoisotopic (exact) mass is 1010 g/mol. The van der Waals surface area contributed by atoms with E-state index in [1.807, 2.05) is 33.3 Å². The normalized spacial score (nSPS) is 14.1. The third-order valence-electron chi connectivity index (χ3n) is 13.0. The molecule has 1 amide bonds. The van der Waals surface area contributed by atoms with Gasteiger partial charge in [-0.25, -0.2) is 4.57 Å². The first-order valence-electron chi connectivity index (χ1n) is 29.5. The Morgan fingerprint density at radius 3 is 1.33 bits per heavy atom. The summed E-state index contributed by atoms with van der Waals surface area (Å²) >= 11 is 0. The second-order valence-corrected chi connectivity index (χ2v) is 22.6. The van der Waals surface area contributed by atoms with Crippen LogP contribution in [0, 0.1) is 0 Å². The molecule has 0 saturated carbocycles. The molecule has 3 atom stereocenters. The average Bonchev–Trinajstić information content (AvgIpc) is 3.32. The lowest BCUT2D eigenvalue weighted by Crippen LogP contribution is -2.47. The summed E-state index contributed by atoms with van der Waals surface area (Å²) in [5.74, 6) is -0.523. The van der Waals surface area contributed by atoms with Crippen molar-refractivity contribution in [3.05, 3.63) is 48.6 Å². The van der Waals surface area contributed by atoms with Crippen molar-refractivity contribution in [3.63, 3.8) is 0 Å². The zero-order valence-electron chi connectivity index (χ0n) is 46.8. The molecule has 0 aromatic carbocycles. The number of phosphoric ester groups is 1. The Morgan fingerprint density at radius 2 is 0.871 bits per heavy atom. The van der Waals surface area contributed by atoms with E-state index >= 15 is 0 Å². The van der Waals surface area contributed by atoms with Crippen LogP contribution in [0.15, 0.2) is 48.6 Å². The molecule has 410 valence electrons. The molecule has 0 aliphatic carbocycles. The second-order valence-electron chi connectivity index (χ2n) is 21.2. The summed E-state index contributed by atoms with van der Waals surface area (Å²) in [6.07, 6.45) is 61.0. The molecule has 0 heterocycles. The Bertz CT molecular complexity index is 1340. The van der Waals surface area contributed by atoms with Gasteiger partial charge >= 0.3 is 13.8 Å². The van der Waals surface area contributed by atoms with Gasteiger partial charge in [0.1, 0.15) is 19.3 Å². The Balaban J connectivity index is 5.32. The number of allylic oxidation sites excluding steroid dienone is 7. The van der Waals surface area contributed by atoms with E-state index in [1.165, 1.54) is 154 Å². The van der Waals surface area contributed by atoms with Crippen LogP contribution in [0.2, 0.25) is 0 Å². The van der Waals surface area contributed by atoms with Crippen LogP contribution in [0.25, 0.3) is 0 Å².